The molecule has 0 unspecified atom stereocenters. The van der Waals surface area contributed by atoms with E-state index in [2.05, 4.69) is 86.3 Å². The normalized spacial score (nSPS) is 10.5. The maximum atomic E-state index is 2.45. The number of benzene rings is 2. The molecule has 0 radical (unpaired) electrons. The second kappa shape index (κ2) is 7.16. The number of anilines is 2. The first-order valence-electron chi connectivity index (χ1n) is 7.68. The highest BCUT2D eigenvalue weighted by atomic mass is 15.1. The Bertz CT molecular complexity index is 541. The van der Waals surface area contributed by atoms with Crippen LogP contribution in [-0.4, -0.2) is 20.6 Å². The van der Waals surface area contributed by atoms with Crippen LogP contribution >= 0.6 is 0 Å². The Balaban J connectivity index is 2.13. The van der Waals surface area contributed by atoms with Crippen LogP contribution < -0.4 is 9.80 Å². The summed E-state index contributed by atoms with van der Waals surface area (Å²) in [5.41, 5.74) is 5.22. The predicted octanol–water partition coefficient (Wildman–Crippen LogP) is 4.48. The van der Waals surface area contributed by atoms with Gasteiger partial charge < -0.3 is 9.80 Å². The topological polar surface area (TPSA) is 6.48 Å². The van der Waals surface area contributed by atoms with Gasteiger partial charge in [0.2, 0.25) is 0 Å². The van der Waals surface area contributed by atoms with Crippen LogP contribution in [0.25, 0.3) is 0 Å². The van der Waals surface area contributed by atoms with Crippen molar-refractivity contribution in [2.75, 3.05) is 30.4 Å². The molecule has 2 aromatic rings. The molecular weight excluding hydrogens is 256 g/mol. The molecule has 0 saturated carbocycles. The molecule has 0 atom stereocenters. The third-order valence-corrected chi connectivity index (χ3v) is 3.72. The van der Waals surface area contributed by atoms with Gasteiger partial charge in [0.25, 0.3) is 0 Å². The zero-order chi connectivity index (χ0) is 15.2. The lowest BCUT2D eigenvalue weighted by molar-refractivity contribution is 0.767. The predicted molar refractivity (Wildman–Crippen MR) is 93.3 cm³/mol. The van der Waals surface area contributed by atoms with Gasteiger partial charge in [0.05, 0.1) is 0 Å². The van der Waals surface area contributed by atoms with Gasteiger partial charge in [0.1, 0.15) is 0 Å². The van der Waals surface area contributed by atoms with Crippen molar-refractivity contribution in [1.82, 2.24) is 0 Å². The van der Waals surface area contributed by atoms with Crippen molar-refractivity contribution in [2.24, 2.45) is 0 Å². The van der Waals surface area contributed by atoms with E-state index in [-0.39, 0.29) is 0 Å². The van der Waals surface area contributed by atoms with E-state index in [1.165, 1.54) is 22.5 Å². The monoisotopic (exact) mass is 282 g/mol. The van der Waals surface area contributed by atoms with Gasteiger partial charge in [-0.05, 0) is 43.2 Å². The Morgan fingerprint density at radius 3 is 1.90 bits per heavy atom. The van der Waals surface area contributed by atoms with Crippen molar-refractivity contribution in [3.63, 3.8) is 0 Å². The molecule has 0 aliphatic heterocycles. The summed E-state index contributed by atoms with van der Waals surface area (Å²) in [7, 11) is 4.15. The molecule has 0 spiro atoms. The lowest BCUT2D eigenvalue weighted by atomic mass is 10.1. The van der Waals surface area contributed by atoms with Gasteiger partial charge >= 0.3 is 0 Å². The van der Waals surface area contributed by atoms with Crippen molar-refractivity contribution in [1.29, 1.82) is 0 Å². The number of hydrogen-bond donors (Lipinski definition) is 0. The molecule has 0 bridgehead atoms. The zero-order valence-corrected chi connectivity index (χ0v) is 13.6. The van der Waals surface area contributed by atoms with Crippen LogP contribution in [0.15, 0.2) is 48.5 Å². The highest BCUT2D eigenvalue weighted by Crippen LogP contribution is 2.20. The van der Waals surface area contributed by atoms with Gasteiger partial charge in [-0.15, -0.1) is 0 Å². The molecule has 0 heterocycles. The smallest absolute Gasteiger partial charge is 0.0429 e. The summed E-state index contributed by atoms with van der Waals surface area (Å²) in [5, 5.41) is 0. The Hall–Kier alpha value is -1.96. The Labute approximate surface area is 129 Å². The van der Waals surface area contributed by atoms with Crippen LogP contribution in [0.2, 0.25) is 0 Å². The summed E-state index contributed by atoms with van der Waals surface area (Å²) in [6, 6.07) is 17.7. The fourth-order valence-corrected chi connectivity index (χ4v) is 2.44. The van der Waals surface area contributed by atoms with E-state index in [1.54, 1.807) is 0 Å². The standard InChI is InChI=1S/C19H26N2/c1-5-14-21(19-10-6-16(2)7-11-19)15-17-8-12-18(13-9-17)20(3)4/h6-13H,5,14-15H2,1-4H3. The van der Waals surface area contributed by atoms with Gasteiger partial charge in [-0.3, -0.25) is 0 Å². The van der Waals surface area contributed by atoms with Gasteiger partial charge in [0, 0.05) is 38.6 Å². The van der Waals surface area contributed by atoms with E-state index in [0.717, 1.165) is 19.5 Å². The summed E-state index contributed by atoms with van der Waals surface area (Å²) in [6.45, 7) is 6.41. The first-order chi connectivity index (χ1) is 10.1. The minimum absolute atomic E-state index is 0.963. The SMILES string of the molecule is CCCN(Cc1ccc(N(C)C)cc1)c1ccc(C)cc1. The van der Waals surface area contributed by atoms with Crippen LogP contribution in [0.3, 0.4) is 0 Å². The molecular formula is C19H26N2. The number of rotatable bonds is 6. The molecule has 0 aromatic heterocycles. The maximum absolute atomic E-state index is 2.45. The summed E-state index contributed by atoms with van der Waals surface area (Å²) in [5.74, 6) is 0. The molecule has 2 nitrogen and oxygen atoms in total. The third-order valence-electron chi connectivity index (χ3n) is 3.72. The van der Waals surface area contributed by atoms with Crippen LogP contribution in [0.5, 0.6) is 0 Å². The number of aryl methyl sites for hydroxylation is 1. The number of nitrogens with zero attached hydrogens (tertiary/aromatic N) is 2. The maximum Gasteiger partial charge on any atom is 0.0429 e. The number of hydrogen-bond acceptors (Lipinski definition) is 2. The van der Waals surface area contributed by atoms with Crippen LogP contribution in [0, 0.1) is 6.92 Å². The third kappa shape index (κ3) is 4.25. The van der Waals surface area contributed by atoms with E-state index >= 15 is 0 Å². The minimum Gasteiger partial charge on any atom is -0.378 e. The molecule has 112 valence electrons. The van der Waals surface area contributed by atoms with Crippen LogP contribution in [0.4, 0.5) is 11.4 Å². The molecule has 0 amide bonds. The summed E-state index contributed by atoms with van der Waals surface area (Å²) in [6.07, 6.45) is 1.16. The van der Waals surface area contributed by atoms with Crippen molar-refractivity contribution in [3.05, 3.63) is 59.7 Å². The highest BCUT2D eigenvalue weighted by molar-refractivity contribution is 5.50. The van der Waals surface area contributed by atoms with Crippen LogP contribution in [0.1, 0.15) is 24.5 Å². The van der Waals surface area contributed by atoms with Gasteiger partial charge in [-0.1, -0.05) is 36.8 Å². The van der Waals surface area contributed by atoms with Crippen molar-refractivity contribution < 1.29 is 0 Å². The van der Waals surface area contributed by atoms with E-state index in [1.807, 2.05) is 0 Å². The lowest BCUT2D eigenvalue weighted by Gasteiger charge is -2.25. The summed E-state index contributed by atoms with van der Waals surface area (Å²) in [4.78, 5) is 4.58. The molecule has 0 N–H and O–H groups in total. The molecule has 2 heteroatoms. The van der Waals surface area contributed by atoms with Crippen molar-refractivity contribution in [2.45, 2.75) is 26.8 Å². The van der Waals surface area contributed by atoms with Crippen molar-refractivity contribution in [3.8, 4) is 0 Å². The quantitative estimate of drug-likeness (QED) is 0.771. The molecule has 2 rings (SSSR count). The Morgan fingerprint density at radius 2 is 1.38 bits per heavy atom. The minimum atomic E-state index is 0.963. The largest absolute Gasteiger partial charge is 0.378 e. The highest BCUT2D eigenvalue weighted by Gasteiger charge is 2.06. The average Bonchev–Trinajstić information content (AvgIpc) is 2.48. The first-order valence-corrected chi connectivity index (χ1v) is 7.68. The summed E-state index contributed by atoms with van der Waals surface area (Å²) >= 11 is 0. The van der Waals surface area contributed by atoms with Gasteiger partial charge in [-0.25, -0.2) is 0 Å². The molecule has 0 aliphatic rings. The molecule has 2 aromatic carbocycles. The van der Waals surface area contributed by atoms with E-state index in [4.69, 9.17) is 0 Å². The van der Waals surface area contributed by atoms with E-state index in [0.29, 0.717) is 0 Å². The average molecular weight is 282 g/mol. The second-order valence-corrected chi connectivity index (χ2v) is 5.82. The van der Waals surface area contributed by atoms with E-state index in [9.17, 15) is 0 Å². The van der Waals surface area contributed by atoms with Gasteiger partial charge in [0.15, 0.2) is 0 Å². The Morgan fingerprint density at radius 1 is 0.810 bits per heavy atom. The molecule has 21 heavy (non-hydrogen) atoms. The van der Waals surface area contributed by atoms with Crippen LogP contribution in [-0.2, 0) is 6.54 Å². The Kier molecular flexibility index (Phi) is 5.26. The van der Waals surface area contributed by atoms with Crippen molar-refractivity contribution >= 4 is 11.4 Å². The molecule has 0 saturated heterocycles. The lowest BCUT2D eigenvalue weighted by Crippen LogP contribution is -2.23. The first kappa shape index (κ1) is 15.4. The fraction of sp³-hybridized carbons (Fsp3) is 0.368. The molecule has 0 fully saturated rings. The van der Waals surface area contributed by atoms with E-state index < -0.39 is 0 Å². The summed E-state index contributed by atoms with van der Waals surface area (Å²) < 4.78 is 0. The van der Waals surface area contributed by atoms with Gasteiger partial charge in [-0.2, -0.15) is 0 Å². The molecule has 0 aliphatic carbocycles. The second-order valence-electron chi connectivity index (χ2n) is 5.82. The zero-order valence-electron chi connectivity index (χ0n) is 13.6. The fourth-order valence-electron chi connectivity index (χ4n) is 2.44.